The van der Waals surface area contributed by atoms with Crippen LogP contribution in [0.2, 0.25) is 0 Å². The third-order valence-corrected chi connectivity index (χ3v) is 3.47. The smallest absolute Gasteiger partial charge is 0.271 e. The van der Waals surface area contributed by atoms with Crippen LogP contribution in [0.5, 0.6) is 5.75 Å². The SMILES string of the molecule is Cc1ncc(CO)c(C=NNC(=O)c2cccc(Br)c2)c1O. The standard InChI is InChI=1S/C15H14BrN3O3/c1-9-14(21)13(11(8-20)6-17-9)7-18-19-15(22)10-3-2-4-12(16)5-10/h2-7,20-21H,8H2,1H3,(H,19,22). The number of nitrogens with zero attached hydrogens (tertiary/aromatic N) is 2. The normalized spacial score (nSPS) is 10.9. The van der Waals surface area contributed by atoms with Crippen molar-refractivity contribution >= 4 is 28.1 Å². The number of rotatable bonds is 4. The van der Waals surface area contributed by atoms with Gasteiger partial charge in [0, 0.05) is 27.4 Å². The van der Waals surface area contributed by atoms with Gasteiger partial charge in [0.2, 0.25) is 0 Å². The fourth-order valence-corrected chi connectivity index (χ4v) is 2.17. The highest BCUT2D eigenvalue weighted by Crippen LogP contribution is 2.21. The minimum absolute atomic E-state index is 0.0768. The van der Waals surface area contributed by atoms with Crippen molar-refractivity contribution < 1.29 is 15.0 Å². The van der Waals surface area contributed by atoms with E-state index in [4.69, 9.17) is 0 Å². The van der Waals surface area contributed by atoms with Gasteiger partial charge in [0.25, 0.3) is 5.91 Å². The second-order valence-electron chi connectivity index (χ2n) is 4.50. The molecule has 2 aromatic rings. The molecule has 1 aromatic carbocycles. The van der Waals surface area contributed by atoms with Crippen LogP contribution in [0.15, 0.2) is 40.0 Å². The Hall–Kier alpha value is -2.25. The van der Waals surface area contributed by atoms with Gasteiger partial charge in [-0.3, -0.25) is 9.78 Å². The first-order chi connectivity index (χ1) is 10.5. The molecule has 0 atom stereocenters. The molecule has 1 aromatic heterocycles. The Labute approximate surface area is 135 Å². The fourth-order valence-electron chi connectivity index (χ4n) is 1.77. The molecule has 3 N–H and O–H groups in total. The zero-order valence-corrected chi connectivity index (χ0v) is 13.3. The van der Waals surface area contributed by atoms with Crippen molar-refractivity contribution in [3.05, 3.63) is 57.3 Å². The highest BCUT2D eigenvalue weighted by Gasteiger charge is 2.10. The summed E-state index contributed by atoms with van der Waals surface area (Å²) in [5.74, 6) is -0.458. The van der Waals surface area contributed by atoms with E-state index in [-0.39, 0.29) is 18.3 Å². The molecule has 0 radical (unpaired) electrons. The first kappa shape index (κ1) is 16.1. The quantitative estimate of drug-likeness (QED) is 0.572. The minimum Gasteiger partial charge on any atom is -0.505 e. The molecule has 2 rings (SSSR count). The van der Waals surface area contributed by atoms with Gasteiger partial charge in [-0.1, -0.05) is 22.0 Å². The summed E-state index contributed by atoms with van der Waals surface area (Å²) < 4.78 is 0.786. The van der Waals surface area contributed by atoms with Crippen molar-refractivity contribution in [2.45, 2.75) is 13.5 Å². The monoisotopic (exact) mass is 363 g/mol. The Morgan fingerprint density at radius 1 is 1.50 bits per heavy atom. The number of aromatic hydroxyl groups is 1. The average Bonchev–Trinajstić information content (AvgIpc) is 2.51. The van der Waals surface area contributed by atoms with Crippen LogP contribution in [0.1, 0.15) is 27.2 Å². The van der Waals surface area contributed by atoms with Crippen molar-refractivity contribution in [1.82, 2.24) is 10.4 Å². The van der Waals surface area contributed by atoms with Gasteiger partial charge in [-0.15, -0.1) is 0 Å². The number of hydrogen-bond donors (Lipinski definition) is 3. The predicted molar refractivity (Wildman–Crippen MR) is 85.8 cm³/mol. The van der Waals surface area contributed by atoms with E-state index < -0.39 is 0 Å². The lowest BCUT2D eigenvalue weighted by Gasteiger charge is -2.07. The number of benzene rings is 1. The third-order valence-electron chi connectivity index (χ3n) is 2.97. The first-order valence-corrected chi connectivity index (χ1v) is 7.19. The molecule has 0 unspecified atom stereocenters. The van der Waals surface area contributed by atoms with Crippen LogP contribution in [-0.2, 0) is 6.61 Å². The van der Waals surface area contributed by atoms with Crippen LogP contribution in [0, 0.1) is 6.92 Å². The Morgan fingerprint density at radius 2 is 2.27 bits per heavy atom. The molecule has 0 spiro atoms. The Balaban J connectivity index is 2.16. The topological polar surface area (TPSA) is 94.8 Å². The number of hydrazone groups is 1. The van der Waals surface area contributed by atoms with E-state index in [1.807, 2.05) is 6.07 Å². The summed E-state index contributed by atoms with van der Waals surface area (Å²) in [4.78, 5) is 15.9. The molecule has 114 valence electrons. The van der Waals surface area contributed by atoms with Gasteiger partial charge in [-0.05, 0) is 25.1 Å². The van der Waals surface area contributed by atoms with E-state index in [0.717, 1.165) is 4.47 Å². The van der Waals surface area contributed by atoms with Crippen LogP contribution in [0.4, 0.5) is 0 Å². The number of pyridine rings is 1. The van der Waals surface area contributed by atoms with Crippen LogP contribution in [0.3, 0.4) is 0 Å². The van der Waals surface area contributed by atoms with Gasteiger partial charge < -0.3 is 10.2 Å². The number of carbonyl (C=O) groups is 1. The zero-order chi connectivity index (χ0) is 16.1. The van der Waals surface area contributed by atoms with Gasteiger partial charge in [0.15, 0.2) is 0 Å². The molecule has 0 aliphatic carbocycles. The molecule has 1 heterocycles. The van der Waals surface area contributed by atoms with E-state index in [1.54, 1.807) is 25.1 Å². The lowest BCUT2D eigenvalue weighted by atomic mass is 10.1. The number of carbonyl (C=O) groups excluding carboxylic acids is 1. The summed E-state index contributed by atoms with van der Waals surface area (Å²) in [6, 6.07) is 6.87. The van der Waals surface area contributed by atoms with Crippen LogP contribution in [0.25, 0.3) is 0 Å². The molecular formula is C15H14BrN3O3. The summed E-state index contributed by atoms with van der Waals surface area (Å²) in [6.07, 6.45) is 2.73. The van der Waals surface area contributed by atoms with Crippen LogP contribution >= 0.6 is 15.9 Å². The molecule has 22 heavy (non-hydrogen) atoms. The number of aromatic nitrogens is 1. The molecular weight excluding hydrogens is 350 g/mol. The number of halogens is 1. The Bertz CT molecular complexity index is 732. The number of aliphatic hydroxyl groups excluding tert-OH is 1. The molecule has 7 heteroatoms. The van der Waals surface area contributed by atoms with Gasteiger partial charge in [0.1, 0.15) is 5.75 Å². The lowest BCUT2D eigenvalue weighted by Crippen LogP contribution is -2.17. The minimum atomic E-state index is -0.381. The average molecular weight is 364 g/mol. The Kier molecular flexibility index (Phi) is 5.24. The number of amides is 1. The van der Waals surface area contributed by atoms with Crippen molar-refractivity contribution in [1.29, 1.82) is 0 Å². The summed E-state index contributed by atoms with van der Waals surface area (Å²) in [6.45, 7) is 1.34. The second-order valence-corrected chi connectivity index (χ2v) is 5.41. The summed E-state index contributed by atoms with van der Waals surface area (Å²) in [5, 5.41) is 23.0. The largest absolute Gasteiger partial charge is 0.505 e. The molecule has 0 saturated carbocycles. The van der Waals surface area contributed by atoms with Crippen molar-refractivity contribution in [3.8, 4) is 5.75 Å². The van der Waals surface area contributed by atoms with E-state index in [0.29, 0.717) is 22.4 Å². The molecule has 1 amide bonds. The first-order valence-electron chi connectivity index (χ1n) is 6.40. The van der Waals surface area contributed by atoms with E-state index in [9.17, 15) is 15.0 Å². The summed E-state index contributed by atoms with van der Waals surface area (Å²) >= 11 is 3.29. The van der Waals surface area contributed by atoms with E-state index in [1.165, 1.54) is 12.4 Å². The van der Waals surface area contributed by atoms with Gasteiger partial charge in [0.05, 0.1) is 18.5 Å². The summed E-state index contributed by atoms with van der Waals surface area (Å²) in [5.41, 5.74) is 3.97. The fraction of sp³-hybridized carbons (Fsp3) is 0.133. The maximum atomic E-state index is 11.9. The molecule has 0 aliphatic rings. The molecule has 0 aliphatic heterocycles. The number of nitrogens with one attached hydrogen (secondary N) is 1. The third kappa shape index (κ3) is 3.69. The zero-order valence-electron chi connectivity index (χ0n) is 11.7. The maximum Gasteiger partial charge on any atom is 0.271 e. The van der Waals surface area contributed by atoms with Gasteiger partial charge >= 0.3 is 0 Å². The number of hydrogen-bond acceptors (Lipinski definition) is 5. The molecule has 0 fully saturated rings. The van der Waals surface area contributed by atoms with Crippen molar-refractivity contribution in [3.63, 3.8) is 0 Å². The number of aryl methyl sites for hydroxylation is 1. The Morgan fingerprint density at radius 3 is 2.95 bits per heavy atom. The molecule has 0 saturated heterocycles. The van der Waals surface area contributed by atoms with Crippen molar-refractivity contribution in [2.24, 2.45) is 5.10 Å². The van der Waals surface area contributed by atoms with Crippen LogP contribution < -0.4 is 5.43 Å². The lowest BCUT2D eigenvalue weighted by molar-refractivity contribution is 0.0955. The second kappa shape index (κ2) is 7.15. The van der Waals surface area contributed by atoms with Crippen LogP contribution in [-0.4, -0.2) is 27.3 Å². The summed E-state index contributed by atoms with van der Waals surface area (Å²) in [7, 11) is 0. The van der Waals surface area contributed by atoms with Crippen molar-refractivity contribution in [2.75, 3.05) is 0 Å². The molecule has 0 bridgehead atoms. The van der Waals surface area contributed by atoms with Gasteiger partial charge in [-0.25, -0.2) is 5.43 Å². The van der Waals surface area contributed by atoms with E-state index in [2.05, 4.69) is 31.4 Å². The number of aliphatic hydroxyl groups is 1. The van der Waals surface area contributed by atoms with E-state index >= 15 is 0 Å². The highest BCUT2D eigenvalue weighted by molar-refractivity contribution is 9.10. The molecule has 6 nitrogen and oxygen atoms in total. The van der Waals surface area contributed by atoms with Gasteiger partial charge in [-0.2, -0.15) is 5.10 Å². The predicted octanol–water partition coefficient (Wildman–Crippen LogP) is 2.11. The highest BCUT2D eigenvalue weighted by atomic mass is 79.9. The maximum absolute atomic E-state index is 11.9.